The normalized spacial score (nSPS) is 18.0. The van der Waals surface area contributed by atoms with Gasteiger partial charge in [0.15, 0.2) is 0 Å². The number of carboxylic acid groups (broad SMARTS) is 1. The summed E-state index contributed by atoms with van der Waals surface area (Å²) in [5.41, 5.74) is 5.51. The summed E-state index contributed by atoms with van der Waals surface area (Å²) in [6, 6.07) is -0.565. The Morgan fingerprint density at radius 1 is 1.44 bits per heavy atom. The number of carboxylic acids is 1. The SMILES string of the molecule is CC(C)(C)[C@H](N)C(=O)N(CC(=O)O)C1CC1. The van der Waals surface area contributed by atoms with Crippen LogP contribution in [-0.2, 0) is 9.59 Å². The minimum atomic E-state index is -0.985. The standard InChI is InChI=1S/C11H20N2O3/c1-11(2,3)9(12)10(16)13(6-8(14)15)7-4-5-7/h7,9H,4-6,12H2,1-3H3,(H,14,15)/t9-/m1/s1. The minimum Gasteiger partial charge on any atom is -0.480 e. The average Bonchev–Trinajstić information content (AvgIpc) is 2.93. The largest absolute Gasteiger partial charge is 0.480 e. The molecule has 0 aromatic heterocycles. The lowest BCUT2D eigenvalue weighted by Gasteiger charge is -2.31. The Kier molecular flexibility index (Phi) is 3.57. The summed E-state index contributed by atoms with van der Waals surface area (Å²) in [7, 11) is 0. The van der Waals surface area contributed by atoms with Gasteiger partial charge < -0.3 is 15.7 Å². The lowest BCUT2D eigenvalue weighted by atomic mass is 9.86. The lowest BCUT2D eigenvalue weighted by molar-refractivity contribution is -0.146. The molecule has 0 unspecified atom stereocenters. The summed E-state index contributed by atoms with van der Waals surface area (Å²) < 4.78 is 0. The van der Waals surface area contributed by atoms with Gasteiger partial charge >= 0.3 is 5.97 Å². The zero-order chi connectivity index (χ0) is 12.5. The summed E-state index contributed by atoms with van der Waals surface area (Å²) in [6.07, 6.45) is 1.77. The molecule has 0 aliphatic heterocycles. The summed E-state index contributed by atoms with van der Waals surface area (Å²) in [5.74, 6) is -1.24. The zero-order valence-corrected chi connectivity index (χ0v) is 10.1. The van der Waals surface area contributed by atoms with E-state index in [4.69, 9.17) is 10.8 Å². The summed E-state index contributed by atoms with van der Waals surface area (Å²) in [5, 5.41) is 8.76. The van der Waals surface area contributed by atoms with Gasteiger partial charge in [0, 0.05) is 6.04 Å². The van der Waals surface area contributed by atoms with Crippen molar-refractivity contribution in [3.63, 3.8) is 0 Å². The van der Waals surface area contributed by atoms with Gasteiger partial charge in [0.05, 0.1) is 6.04 Å². The summed E-state index contributed by atoms with van der Waals surface area (Å²) >= 11 is 0. The van der Waals surface area contributed by atoms with Crippen molar-refractivity contribution in [1.82, 2.24) is 4.90 Å². The molecule has 92 valence electrons. The van der Waals surface area contributed by atoms with Crippen LogP contribution in [0.3, 0.4) is 0 Å². The molecule has 0 aromatic rings. The van der Waals surface area contributed by atoms with Crippen molar-refractivity contribution in [2.45, 2.75) is 45.7 Å². The van der Waals surface area contributed by atoms with Gasteiger partial charge in [-0.05, 0) is 18.3 Å². The molecule has 1 saturated carbocycles. The van der Waals surface area contributed by atoms with Crippen molar-refractivity contribution in [2.24, 2.45) is 11.1 Å². The van der Waals surface area contributed by atoms with E-state index < -0.39 is 12.0 Å². The van der Waals surface area contributed by atoms with Gasteiger partial charge in [0.1, 0.15) is 6.54 Å². The molecule has 5 nitrogen and oxygen atoms in total. The molecule has 1 aliphatic rings. The van der Waals surface area contributed by atoms with Crippen molar-refractivity contribution in [2.75, 3.05) is 6.54 Å². The van der Waals surface area contributed by atoms with E-state index in [0.29, 0.717) is 0 Å². The van der Waals surface area contributed by atoms with Gasteiger partial charge in [0.25, 0.3) is 0 Å². The van der Waals surface area contributed by atoms with Crippen LogP contribution >= 0.6 is 0 Å². The molecule has 0 bridgehead atoms. The Hall–Kier alpha value is -1.10. The molecule has 16 heavy (non-hydrogen) atoms. The van der Waals surface area contributed by atoms with Crippen LogP contribution in [0, 0.1) is 5.41 Å². The van der Waals surface area contributed by atoms with Crippen molar-refractivity contribution in [3.05, 3.63) is 0 Å². The number of carbonyl (C=O) groups is 2. The fourth-order valence-corrected chi connectivity index (χ4v) is 1.47. The van der Waals surface area contributed by atoms with Crippen molar-refractivity contribution in [1.29, 1.82) is 0 Å². The maximum absolute atomic E-state index is 12.0. The Balaban J connectivity index is 2.71. The number of nitrogens with two attached hydrogens (primary N) is 1. The smallest absolute Gasteiger partial charge is 0.323 e. The molecule has 1 amide bonds. The van der Waals surface area contributed by atoms with Gasteiger partial charge in [-0.1, -0.05) is 20.8 Å². The van der Waals surface area contributed by atoms with Gasteiger partial charge in [-0.3, -0.25) is 9.59 Å². The second kappa shape index (κ2) is 4.41. The fraction of sp³-hybridized carbons (Fsp3) is 0.818. The third kappa shape index (κ3) is 3.20. The molecule has 1 aliphatic carbocycles. The molecular formula is C11H20N2O3. The number of hydrogen-bond donors (Lipinski definition) is 2. The number of hydrogen-bond acceptors (Lipinski definition) is 3. The highest BCUT2D eigenvalue weighted by molar-refractivity contribution is 5.86. The molecule has 0 spiro atoms. The van der Waals surface area contributed by atoms with Crippen LogP contribution in [0.15, 0.2) is 0 Å². The Labute approximate surface area is 95.6 Å². The summed E-state index contributed by atoms with van der Waals surface area (Å²) in [4.78, 5) is 24.1. The van der Waals surface area contributed by atoms with E-state index >= 15 is 0 Å². The molecule has 1 rings (SSSR count). The monoisotopic (exact) mass is 228 g/mol. The number of carbonyl (C=O) groups excluding carboxylic acids is 1. The molecule has 1 fully saturated rings. The van der Waals surface area contributed by atoms with E-state index in [1.54, 1.807) is 0 Å². The third-order valence-electron chi connectivity index (χ3n) is 2.78. The number of rotatable bonds is 4. The molecule has 1 atom stereocenters. The van der Waals surface area contributed by atoms with Crippen LogP contribution in [0.1, 0.15) is 33.6 Å². The number of amides is 1. The molecule has 3 N–H and O–H groups in total. The van der Waals surface area contributed by atoms with Crippen LogP contribution in [-0.4, -0.2) is 40.5 Å². The van der Waals surface area contributed by atoms with Crippen LogP contribution in [0.4, 0.5) is 0 Å². The van der Waals surface area contributed by atoms with E-state index in [-0.39, 0.29) is 23.9 Å². The van der Waals surface area contributed by atoms with Crippen LogP contribution in [0.2, 0.25) is 0 Å². The molecule has 5 heteroatoms. The predicted octanol–water partition coefficient (Wildman–Crippen LogP) is 0.435. The lowest BCUT2D eigenvalue weighted by Crippen LogP contribution is -2.52. The van der Waals surface area contributed by atoms with E-state index in [0.717, 1.165) is 12.8 Å². The van der Waals surface area contributed by atoms with E-state index in [2.05, 4.69) is 0 Å². The first-order valence-electron chi connectivity index (χ1n) is 5.51. The predicted molar refractivity (Wildman–Crippen MR) is 59.8 cm³/mol. The Bertz CT molecular complexity index is 292. The van der Waals surface area contributed by atoms with Gasteiger partial charge in [0.2, 0.25) is 5.91 Å². The number of nitrogens with zero attached hydrogens (tertiary/aromatic N) is 1. The Morgan fingerprint density at radius 2 is 1.94 bits per heavy atom. The summed E-state index contributed by atoms with van der Waals surface area (Å²) in [6.45, 7) is 5.39. The topological polar surface area (TPSA) is 83.6 Å². The van der Waals surface area contributed by atoms with Gasteiger partial charge in [-0.25, -0.2) is 0 Å². The zero-order valence-electron chi connectivity index (χ0n) is 10.1. The highest BCUT2D eigenvalue weighted by Gasteiger charge is 2.39. The highest BCUT2D eigenvalue weighted by atomic mass is 16.4. The van der Waals surface area contributed by atoms with Crippen LogP contribution < -0.4 is 5.73 Å². The van der Waals surface area contributed by atoms with Crippen LogP contribution in [0.25, 0.3) is 0 Å². The Morgan fingerprint density at radius 3 is 2.25 bits per heavy atom. The minimum absolute atomic E-state index is 0.0806. The van der Waals surface area contributed by atoms with E-state index in [1.165, 1.54) is 4.90 Å². The molecule has 0 radical (unpaired) electrons. The molecule has 0 aromatic carbocycles. The average molecular weight is 228 g/mol. The number of aliphatic carboxylic acids is 1. The van der Waals surface area contributed by atoms with Crippen molar-refractivity contribution >= 4 is 11.9 Å². The first kappa shape index (κ1) is 13.0. The first-order chi connectivity index (χ1) is 7.23. The molecule has 0 saturated heterocycles. The second-order valence-corrected chi connectivity index (χ2v) is 5.43. The van der Waals surface area contributed by atoms with Crippen molar-refractivity contribution < 1.29 is 14.7 Å². The van der Waals surface area contributed by atoms with Crippen LogP contribution in [0.5, 0.6) is 0 Å². The second-order valence-electron chi connectivity index (χ2n) is 5.43. The van der Waals surface area contributed by atoms with E-state index in [1.807, 2.05) is 20.8 Å². The maximum atomic E-state index is 12.0. The van der Waals surface area contributed by atoms with Gasteiger partial charge in [-0.15, -0.1) is 0 Å². The van der Waals surface area contributed by atoms with E-state index in [9.17, 15) is 9.59 Å². The highest BCUT2D eigenvalue weighted by Crippen LogP contribution is 2.29. The quantitative estimate of drug-likeness (QED) is 0.731. The fourth-order valence-electron chi connectivity index (χ4n) is 1.47. The third-order valence-corrected chi connectivity index (χ3v) is 2.78. The first-order valence-corrected chi connectivity index (χ1v) is 5.51. The molecular weight excluding hydrogens is 208 g/mol. The van der Waals surface area contributed by atoms with Crippen molar-refractivity contribution in [3.8, 4) is 0 Å². The molecule has 0 heterocycles. The maximum Gasteiger partial charge on any atom is 0.323 e. The van der Waals surface area contributed by atoms with Gasteiger partial charge in [-0.2, -0.15) is 0 Å².